The van der Waals surface area contributed by atoms with Crippen molar-refractivity contribution in [3.63, 3.8) is 0 Å². The molecule has 0 atom stereocenters. The predicted molar refractivity (Wildman–Crippen MR) is 93.4 cm³/mol. The Morgan fingerprint density at radius 3 is 2.96 bits per heavy atom. The van der Waals surface area contributed by atoms with Crippen molar-refractivity contribution in [1.82, 2.24) is 15.2 Å². The molecule has 1 amide bonds. The summed E-state index contributed by atoms with van der Waals surface area (Å²) in [5.74, 6) is 0.720. The molecule has 3 aromatic rings. The normalized spacial score (nSPS) is 10.5. The molecule has 2 N–H and O–H groups in total. The number of hydrogen-bond donors (Lipinski definition) is 2. The summed E-state index contributed by atoms with van der Waals surface area (Å²) in [6.45, 7) is 0. The predicted octanol–water partition coefficient (Wildman–Crippen LogP) is 3.59. The van der Waals surface area contributed by atoms with Gasteiger partial charge in [0, 0.05) is 17.5 Å². The van der Waals surface area contributed by atoms with E-state index >= 15 is 0 Å². The number of pyridine rings is 1. The van der Waals surface area contributed by atoms with E-state index in [1.54, 1.807) is 30.2 Å². The van der Waals surface area contributed by atoms with Gasteiger partial charge in [-0.15, -0.1) is 0 Å². The second kappa shape index (κ2) is 7.11. The average Bonchev–Trinajstić information content (AvgIpc) is 3.04. The number of hydrogen-bond acceptors (Lipinski definition) is 4. The van der Waals surface area contributed by atoms with Gasteiger partial charge in [0.25, 0.3) is 5.91 Å². The first kappa shape index (κ1) is 15.3. The molecule has 6 heteroatoms. The quantitative estimate of drug-likeness (QED) is 0.752. The number of aromatic amines is 1. The smallest absolute Gasteiger partial charge is 0.255 e. The van der Waals surface area contributed by atoms with E-state index in [2.05, 4.69) is 20.5 Å². The number of carbonyl (C=O) groups excluding carboxylic acids is 1. The Kier molecular flexibility index (Phi) is 4.73. The van der Waals surface area contributed by atoms with Gasteiger partial charge in [0.15, 0.2) is 0 Å². The standard InChI is InChI=1S/C17H16N4OS/c1-23-11-12-5-4-6-13(9-12)17(22)20-15-10-19-21-16(15)14-7-2-3-8-18-14/h2-10H,11H2,1H3,(H,19,21)(H,20,22). The molecule has 0 aliphatic heterocycles. The molecule has 5 nitrogen and oxygen atoms in total. The van der Waals surface area contributed by atoms with Crippen molar-refractivity contribution in [2.45, 2.75) is 5.75 Å². The van der Waals surface area contributed by atoms with Gasteiger partial charge in [-0.05, 0) is 36.1 Å². The van der Waals surface area contributed by atoms with Crippen molar-refractivity contribution in [3.05, 3.63) is 66.0 Å². The molecule has 2 aromatic heterocycles. The van der Waals surface area contributed by atoms with E-state index in [9.17, 15) is 4.79 Å². The first-order chi connectivity index (χ1) is 11.3. The molecule has 0 fully saturated rings. The maximum absolute atomic E-state index is 12.5. The van der Waals surface area contributed by atoms with Gasteiger partial charge in [0.05, 0.1) is 17.6 Å². The van der Waals surface area contributed by atoms with Crippen LogP contribution in [0.2, 0.25) is 0 Å². The van der Waals surface area contributed by atoms with E-state index in [-0.39, 0.29) is 5.91 Å². The number of nitrogens with zero attached hydrogens (tertiary/aromatic N) is 2. The summed E-state index contributed by atoms with van der Waals surface area (Å²) in [7, 11) is 0. The van der Waals surface area contributed by atoms with Crippen LogP contribution in [0.25, 0.3) is 11.4 Å². The fourth-order valence-corrected chi connectivity index (χ4v) is 2.76. The molecule has 1 aromatic carbocycles. The maximum Gasteiger partial charge on any atom is 0.255 e. The second-order valence-corrected chi connectivity index (χ2v) is 5.83. The molecule has 0 bridgehead atoms. The van der Waals surface area contributed by atoms with Crippen LogP contribution in [0.4, 0.5) is 5.69 Å². The van der Waals surface area contributed by atoms with Crippen molar-refractivity contribution in [3.8, 4) is 11.4 Å². The van der Waals surface area contributed by atoms with E-state index in [0.29, 0.717) is 16.9 Å². The summed E-state index contributed by atoms with van der Waals surface area (Å²) in [6.07, 6.45) is 5.33. The van der Waals surface area contributed by atoms with Crippen molar-refractivity contribution < 1.29 is 4.79 Å². The van der Waals surface area contributed by atoms with Crippen LogP contribution in [0, 0.1) is 0 Å². The van der Waals surface area contributed by atoms with Crippen LogP contribution in [0.3, 0.4) is 0 Å². The van der Waals surface area contributed by atoms with Crippen molar-refractivity contribution in [2.75, 3.05) is 11.6 Å². The van der Waals surface area contributed by atoms with Crippen LogP contribution in [-0.2, 0) is 5.75 Å². The second-order valence-electron chi connectivity index (χ2n) is 4.96. The largest absolute Gasteiger partial charge is 0.319 e. The van der Waals surface area contributed by atoms with Gasteiger partial charge in [-0.2, -0.15) is 16.9 Å². The van der Waals surface area contributed by atoms with Crippen molar-refractivity contribution >= 4 is 23.4 Å². The van der Waals surface area contributed by atoms with Crippen LogP contribution in [-0.4, -0.2) is 27.3 Å². The highest BCUT2D eigenvalue weighted by Crippen LogP contribution is 2.23. The minimum absolute atomic E-state index is 0.161. The molecular formula is C17H16N4OS. The highest BCUT2D eigenvalue weighted by Gasteiger charge is 2.13. The molecule has 0 aliphatic rings. The van der Waals surface area contributed by atoms with Crippen molar-refractivity contribution in [1.29, 1.82) is 0 Å². The number of anilines is 1. The molecule has 2 heterocycles. The molecular weight excluding hydrogens is 308 g/mol. The third kappa shape index (κ3) is 3.60. The Labute approximate surface area is 138 Å². The zero-order valence-electron chi connectivity index (χ0n) is 12.6. The molecule has 0 radical (unpaired) electrons. The number of H-pyrrole nitrogens is 1. The maximum atomic E-state index is 12.5. The lowest BCUT2D eigenvalue weighted by Crippen LogP contribution is -2.12. The molecule has 0 aliphatic carbocycles. The van der Waals surface area contributed by atoms with E-state index in [1.165, 1.54) is 0 Å². The van der Waals surface area contributed by atoms with Gasteiger partial charge in [-0.1, -0.05) is 18.2 Å². The summed E-state index contributed by atoms with van der Waals surface area (Å²) in [4.78, 5) is 16.7. The fourth-order valence-electron chi connectivity index (χ4n) is 2.25. The van der Waals surface area contributed by atoms with E-state index in [0.717, 1.165) is 17.0 Å². The van der Waals surface area contributed by atoms with Crippen LogP contribution in [0.5, 0.6) is 0 Å². The number of nitrogens with one attached hydrogen (secondary N) is 2. The van der Waals surface area contributed by atoms with Crippen LogP contribution in [0.1, 0.15) is 15.9 Å². The molecule has 0 spiro atoms. The van der Waals surface area contributed by atoms with E-state index in [4.69, 9.17) is 0 Å². The lowest BCUT2D eigenvalue weighted by molar-refractivity contribution is 0.102. The highest BCUT2D eigenvalue weighted by molar-refractivity contribution is 7.97. The molecule has 3 rings (SSSR count). The summed E-state index contributed by atoms with van der Waals surface area (Å²) in [5, 5.41) is 9.78. The summed E-state index contributed by atoms with van der Waals surface area (Å²) in [5.41, 5.74) is 3.80. The minimum atomic E-state index is -0.161. The summed E-state index contributed by atoms with van der Waals surface area (Å²) in [6, 6.07) is 13.2. The molecule has 0 saturated heterocycles. The Bertz CT molecular complexity index is 801. The lowest BCUT2D eigenvalue weighted by Gasteiger charge is -2.07. The van der Waals surface area contributed by atoms with Gasteiger partial charge in [-0.3, -0.25) is 14.9 Å². The zero-order valence-corrected chi connectivity index (χ0v) is 13.4. The molecule has 0 saturated carbocycles. The van der Waals surface area contributed by atoms with Gasteiger partial charge >= 0.3 is 0 Å². The average molecular weight is 324 g/mol. The Morgan fingerprint density at radius 2 is 2.17 bits per heavy atom. The van der Waals surface area contributed by atoms with Crippen molar-refractivity contribution in [2.24, 2.45) is 0 Å². The monoisotopic (exact) mass is 324 g/mol. The number of carbonyl (C=O) groups is 1. The minimum Gasteiger partial charge on any atom is -0.319 e. The van der Waals surface area contributed by atoms with Gasteiger partial charge < -0.3 is 5.32 Å². The van der Waals surface area contributed by atoms with Gasteiger partial charge in [-0.25, -0.2) is 0 Å². The topological polar surface area (TPSA) is 70.7 Å². The number of benzene rings is 1. The third-order valence-electron chi connectivity index (χ3n) is 3.31. The van der Waals surface area contributed by atoms with Gasteiger partial charge in [0.2, 0.25) is 0 Å². The van der Waals surface area contributed by atoms with Crippen LogP contribution in [0.15, 0.2) is 54.9 Å². The summed E-state index contributed by atoms with van der Waals surface area (Å²) >= 11 is 1.73. The summed E-state index contributed by atoms with van der Waals surface area (Å²) < 4.78 is 0. The Hall–Kier alpha value is -2.60. The fraction of sp³-hybridized carbons (Fsp3) is 0.118. The zero-order chi connectivity index (χ0) is 16.1. The number of thioether (sulfide) groups is 1. The molecule has 0 unspecified atom stereocenters. The lowest BCUT2D eigenvalue weighted by atomic mass is 10.1. The van der Waals surface area contributed by atoms with Crippen LogP contribution >= 0.6 is 11.8 Å². The number of rotatable bonds is 5. The number of aromatic nitrogens is 3. The highest BCUT2D eigenvalue weighted by atomic mass is 32.2. The number of amides is 1. The third-order valence-corrected chi connectivity index (χ3v) is 3.93. The van der Waals surface area contributed by atoms with E-state index < -0.39 is 0 Å². The Morgan fingerprint density at radius 1 is 1.26 bits per heavy atom. The Balaban J connectivity index is 1.82. The van der Waals surface area contributed by atoms with Crippen LogP contribution < -0.4 is 5.32 Å². The first-order valence-corrected chi connectivity index (χ1v) is 8.51. The molecule has 116 valence electrons. The van der Waals surface area contributed by atoms with Gasteiger partial charge in [0.1, 0.15) is 5.69 Å². The first-order valence-electron chi connectivity index (χ1n) is 7.12. The van der Waals surface area contributed by atoms with E-state index in [1.807, 2.05) is 42.7 Å². The molecule has 23 heavy (non-hydrogen) atoms. The SMILES string of the molecule is CSCc1cccc(C(=O)Nc2cn[nH]c2-c2ccccn2)c1.